The van der Waals surface area contributed by atoms with Gasteiger partial charge in [-0.05, 0) is 36.6 Å². The van der Waals surface area contributed by atoms with Gasteiger partial charge in [-0.3, -0.25) is 14.5 Å². The number of amides is 2. The monoisotopic (exact) mass is 419 g/mol. The van der Waals surface area contributed by atoms with E-state index in [1.807, 2.05) is 49.4 Å². The topological polar surface area (TPSA) is 55.8 Å². The number of hydrogen-bond donors (Lipinski definition) is 0. The third kappa shape index (κ3) is 4.62. The number of carbonyl (C=O) groups is 2. The maximum absolute atomic E-state index is 12.4. The van der Waals surface area contributed by atoms with Crippen LogP contribution in [0.25, 0.3) is 0 Å². The zero-order valence-corrected chi connectivity index (χ0v) is 17.4. The van der Waals surface area contributed by atoms with Crippen LogP contribution < -0.4 is 9.47 Å². The molecule has 3 rings (SSSR count). The summed E-state index contributed by atoms with van der Waals surface area (Å²) in [6.07, 6.45) is 1.23. The smallest absolute Gasteiger partial charge is 0.289 e. The molecule has 2 aromatic carbocycles. The molecule has 0 bridgehead atoms. The highest BCUT2D eigenvalue weighted by Crippen LogP contribution is 2.33. The summed E-state index contributed by atoms with van der Waals surface area (Å²) in [7, 11) is 1.57. The van der Waals surface area contributed by atoms with Crippen LogP contribution in [0.15, 0.2) is 42.5 Å². The zero-order valence-electron chi connectivity index (χ0n) is 15.8. The van der Waals surface area contributed by atoms with Crippen LogP contribution in [0.4, 0.5) is 4.79 Å². The average Bonchev–Trinajstić information content (AvgIpc) is 2.95. The molecule has 0 radical (unpaired) electrons. The Bertz CT molecular complexity index is 873. The lowest BCUT2D eigenvalue weighted by molar-refractivity contribution is -0.126. The molecule has 1 saturated heterocycles. The zero-order chi connectivity index (χ0) is 20.1. The van der Waals surface area contributed by atoms with Crippen molar-refractivity contribution in [3.05, 3.63) is 58.6 Å². The van der Waals surface area contributed by atoms with Gasteiger partial charge >= 0.3 is 0 Å². The Hall–Kier alpha value is -2.18. The van der Waals surface area contributed by atoms with Gasteiger partial charge in [-0.1, -0.05) is 54.6 Å². The molecule has 148 valence electrons. The van der Waals surface area contributed by atoms with E-state index < -0.39 is 5.25 Å². The van der Waals surface area contributed by atoms with Gasteiger partial charge in [-0.2, -0.15) is 0 Å². The Morgan fingerprint density at radius 1 is 1.14 bits per heavy atom. The number of nitrogens with zero attached hydrogens (tertiary/aromatic N) is 1. The minimum Gasteiger partial charge on any atom is -0.493 e. The van der Waals surface area contributed by atoms with E-state index in [1.54, 1.807) is 7.11 Å². The lowest BCUT2D eigenvalue weighted by Crippen LogP contribution is -2.32. The number of carbonyl (C=O) groups excluding carboxylic acids is 2. The number of rotatable bonds is 8. The van der Waals surface area contributed by atoms with Crippen molar-refractivity contribution < 1.29 is 19.1 Å². The van der Waals surface area contributed by atoms with E-state index in [-0.39, 0.29) is 11.1 Å². The number of benzene rings is 2. The lowest BCUT2D eigenvalue weighted by atomic mass is 10.1. The Morgan fingerprint density at radius 2 is 1.93 bits per heavy atom. The summed E-state index contributed by atoms with van der Waals surface area (Å²) in [5, 5.41) is 0.0957. The van der Waals surface area contributed by atoms with E-state index in [0.29, 0.717) is 36.1 Å². The van der Waals surface area contributed by atoms with Crippen LogP contribution in [0.3, 0.4) is 0 Å². The molecule has 1 atom stereocenters. The first-order chi connectivity index (χ1) is 13.5. The molecule has 0 aromatic heterocycles. The van der Waals surface area contributed by atoms with Crippen molar-refractivity contribution in [2.45, 2.75) is 31.6 Å². The summed E-state index contributed by atoms with van der Waals surface area (Å²) in [4.78, 5) is 25.8. The molecule has 0 spiro atoms. The van der Waals surface area contributed by atoms with E-state index in [9.17, 15) is 9.59 Å². The summed E-state index contributed by atoms with van der Waals surface area (Å²) in [5.74, 6) is 1.06. The largest absolute Gasteiger partial charge is 0.493 e. The molecular weight excluding hydrogens is 398 g/mol. The van der Waals surface area contributed by atoms with Crippen LogP contribution >= 0.6 is 23.4 Å². The summed E-state index contributed by atoms with van der Waals surface area (Å²) in [6.45, 7) is 2.75. The molecule has 2 amide bonds. The molecule has 0 unspecified atom stereocenters. The second-order valence-electron chi connectivity index (χ2n) is 6.43. The second kappa shape index (κ2) is 9.34. The van der Waals surface area contributed by atoms with E-state index in [4.69, 9.17) is 21.1 Å². The van der Waals surface area contributed by atoms with Gasteiger partial charge in [-0.25, -0.2) is 0 Å². The Balaban J connectivity index is 1.69. The molecule has 1 aliphatic heterocycles. The van der Waals surface area contributed by atoms with Gasteiger partial charge in [0.2, 0.25) is 5.91 Å². The van der Waals surface area contributed by atoms with Gasteiger partial charge in [0.1, 0.15) is 6.61 Å². The van der Waals surface area contributed by atoms with Gasteiger partial charge in [0.25, 0.3) is 5.24 Å². The van der Waals surface area contributed by atoms with Crippen molar-refractivity contribution in [1.82, 2.24) is 4.90 Å². The molecular formula is C21H22ClNO4S. The molecule has 1 aliphatic rings. The fourth-order valence-corrected chi connectivity index (χ4v) is 4.24. The van der Waals surface area contributed by atoms with Crippen LogP contribution in [0, 0.1) is 0 Å². The maximum atomic E-state index is 12.4. The molecule has 5 nitrogen and oxygen atoms in total. The van der Waals surface area contributed by atoms with Gasteiger partial charge in [0.05, 0.1) is 12.4 Å². The van der Waals surface area contributed by atoms with Crippen molar-refractivity contribution in [1.29, 1.82) is 0 Å². The van der Waals surface area contributed by atoms with Crippen molar-refractivity contribution >= 4 is 34.5 Å². The molecule has 0 N–H and O–H groups in total. The first kappa shape index (κ1) is 20.6. The molecule has 7 heteroatoms. The summed E-state index contributed by atoms with van der Waals surface area (Å²) < 4.78 is 11.3. The normalized spacial score (nSPS) is 16.5. The number of ether oxygens (including phenoxy) is 2. The minimum absolute atomic E-state index is 0.116. The van der Waals surface area contributed by atoms with E-state index in [2.05, 4.69) is 0 Å². The van der Waals surface area contributed by atoms with Crippen LogP contribution in [0.2, 0.25) is 5.02 Å². The van der Waals surface area contributed by atoms with E-state index in [1.165, 1.54) is 4.90 Å². The first-order valence-electron chi connectivity index (χ1n) is 9.08. The summed E-state index contributed by atoms with van der Waals surface area (Å²) >= 11 is 7.26. The highest BCUT2D eigenvalue weighted by Gasteiger charge is 2.38. The fraction of sp³-hybridized carbons (Fsp3) is 0.333. The average molecular weight is 420 g/mol. The molecule has 2 aromatic rings. The Morgan fingerprint density at radius 3 is 2.64 bits per heavy atom. The number of methoxy groups -OCH3 is 1. The minimum atomic E-state index is -0.390. The molecule has 0 aliphatic carbocycles. The Labute approximate surface area is 174 Å². The lowest BCUT2D eigenvalue weighted by Gasteiger charge is -2.14. The van der Waals surface area contributed by atoms with Crippen molar-refractivity contribution in [3.8, 4) is 11.5 Å². The predicted molar refractivity (Wildman–Crippen MR) is 111 cm³/mol. The quantitative estimate of drug-likeness (QED) is 0.606. The molecule has 1 fully saturated rings. The Kier molecular flexibility index (Phi) is 6.86. The molecule has 0 saturated carbocycles. The highest BCUT2D eigenvalue weighted by atomic mass is 35.5. The van der Waals surface area contributed by atoms with Crippen molar-refractivity contribution in [2.75, 3.05) is 13.7 Å². The maximum Gasteiger partial charge on any atom is 0.289 e. The summed E-state index contributed by atoms with van der Waals surface area (Å²) in [5.41, 5.74) is 1.80. The third-order valence-corrected chi connectivity index (χ3v) is 5.89. The number of thioether (sulfide) groups is 1. The highest BCUT2D eigenvalue weighted by molar-refractivity contribution is 8.15. The number of imide groups is 1. The number of hydrogen-bond acceptors (Lipinski definition) is 5. The van der Waals surface area contributed by atoms with Crippen molar-refractivity contribution in [2.24, 2.45) is 0 Å². The number of halogens is 1. The fourth-order valence-electron chi connectivity index (χ4n) is 3.00. The van der Waals surface area contributed by atoms with Crippen molar-refractivity contribution in [3.63, 3.8) is 0 Å². The van der Waals surface area contributed by atoms with Gasteiger partial charge < -0.3 is 9.47 Å². The van der Waals surface area contributed by atoms with Crippen LogP contribution in [-0.4, -0.2) is 35.0 Å². The molecule has 1 heterocycles. The SMILES string of the molecule is CCCN1C(=O)S[C@H](Cc2ccc(OCc3ccccc3Cl)c(OC)c2)C1=O. The van der Waals surface area contributed by atoms with Gasteiger partial charge in [0.15, 0.2) is 11.5 Å². The van der Waals surface area contributed by atoms with Crippen LogP contribution in [-0.2, 0) is 17.8 Å². The second-order valence-corrected chi connectivity index (χ2v) is 7.99. The van der Waals surface area contributed by atoms with Crippen LogP contribution in [0.1, 0.15) is 24.5 Å². The third-order valence-electron chi connectivity index (χ3n) is 4.44. The predicted octanol–water partition coefficient (Wildman–Crippen LogP) is 4.94. The van der Waals surface area contributed by atoms with Crippen LogP contribution in [0.5, 0.6) is 11.5 Å². The standard InChI is InChI=1S/C21H22ClNO4S/c1-3-10-23-20(24)19(28-21(23)25)12-14-8-9-17(18(11-14)26-2)27-13-15-6-4-5-7-16(15)22/h4-9,11,19H,3,10,12-13H2,1-2H3/t19-/m1/s1. The summed E-state index contributed by atoms with van der Waals surface area (Å²) in [6, 6.07) is 13.1. The first-order valence-corrected chi connectivity index (χ1v) is 10.3. The van der Waals surface area contributed by atoms with Gasteiger partial charge in [0, 0.05) is 17.1 Å². The van der Waals surface area contributed by atoms with Gasteiger partial charge in [-0.15, -0.1) is 0 Å². The van der Waals surface area contributed by atoms with E-state index >= 15 is 0 Å². The molecule has 28 heavy (non-hydrogen) atoms. The van der Waals surface area contributed by atoms with E-state index in [0.717, 1.165) is 29.3 Å².